The second kappa shape index (κ2) is 6.56. The lowest BCUT2D eigenvalue weighted by molar-refractivity contribution is 0.155. The number of hydrogen-bond acceptors (Lipinski definition) is 5. The Hall–Kier alpha value is -1.56. The highest BCUT2D eigenvalue weighted by atomic mass is 35.5. The second-order valence-corrected chi connectivity index (χ2v) is 4.35. The minimum absolute atomic E-state index is 0.135. The Balaban J connectivity index is 2.01. The van der Waals surface area contributed by atoms with E-state index in [-0.39, 0.29) is 13.2 Å². The van der Waals surface area contributed by atoms with Crippen LogP contribution in [0.2, 0.25) is 5.02 Å². The molecule has 0 fully saturated rings. The third kappa shape index (κ3) is 3.70. The zero-order valence-electron chi connectivity index (χ0n) is 10.4. The highest BCUT2D eigenvalue weighted by Crippen LogP contribution is 2.23. The van der Waals surface area contributed by atoms with Crippen molar-refractivity contribution < 1.29 is 19.1 Å². The highest BCUT2D eigenvalue weighted by molar-refractivity contribution is 6.30. The molecule has 0 aliphatic rings. The van der Waals surface area contributed by atoms with Gasteiger partial charge in [0, 0.05) is 23.8 Å². The quantitative estimate of drug-likeness (QED) is 0.882. The van der Waals surface area contributed by atoms with Crippen LogP contribution >= 0.6 is 11.6 Å². The molecular weight excluding hydrogens is 270 g/mol. The number of benzene rings is 1. The summed E-state index contributed by atoms with van der Waals surface area (Å²) < 4.78 is 15.6. The SMILES string of the molecule is COCc1cc(COc2ccc(Cl)cc2CO)no1. The predicted molar refractivity (Wildman–Crippen MR) is 68.9 cm³/mol. The van der Waals surface area contributed by atoms with Gasteiger partial charge < -0.3 is 19.1 Å². The topological polar surface area (TPSA) is 64.7 Å². The van der Waals surface area contributed by atoms with Crippen LogP contribution in [0.4, 0.5) is 0 Å². The average Bonchev–Trinajstić information content (AvgIpc) is 2.85. The highest BCUT2D eigenvalue weighted by Gasteiger charge is 2.07. The Labute approximate surface area is 115 Å². The molecular formula is C13H14ClNO4. The summed E-state index contributed by atoms with van der Waals surface area (Å²) >= 11 is 5.84. The van der Waals surface area contributed by atoms with Crippen molar-refractivity contribution in [3.05, 3.63) is 46.3 Å². The molecule has 0 radical (unpaired) electrons. The third-order valence-corrected chi connectivity index (χ3v) is 2.70. The summed E-state index contributed by atoms with van der Waals surface area (Å²) in [5, 5.41) is 13.6. The van der Waals surface area contributed by atoms with Gasteiger partial charge in [-0.25, -0.2) is 0 Å². The van der Waals surface area contributed by atoms with Crippen LogP contribution in [0.15, 0.2) is 28.8 Å². The van der Waals surface area contributed by atoms with Gasteiger partial charge in [-0.1, -0.05) is 16.8 Å². The molecule has 2 aromatic rings. The number of nitrogens with zero attached hydrogens (tertiary/aromatic N) is 1. The van der Waals surface area contributed by atoms with Gasteiger partial charge in [0.25, 0.3) is 0 Å². The monoisotopic (exact) mass is 283 g/mol. The zero-order valence-corrected chi connectivity index (χ0v) is 11.2. The third-order valence-electron chi connectivity index (χ3n) is 2.46. The van der Waals surface area contributed by atoms with E-state index in [0.29, 0.717) is 34.4 Å². The van der Waals surface area contributed by atoms with E-state index in [1.807, 2.05) is 0 Å². The van der Waals surface area contributed by atoms with Crippen LogP contribution in [0.25, 0.3) is 0 Å². The Kier molecular flexibility index (Phi) is 4.79. The van der Waals surface area contributed by atoms with Crippen LogP contribution in [0.1, 0.15) is 17.0 Å². The minimum Gasteiger partial charge on any atom is -0.487 e. The van der Waals surface area contributed by atoms with Gasteiger partial charge in [-0.3, -0.25) is 0 Å². The molecule has 0 saturated heterocycles. The molecule has 1 heterocycles. The lowest BCUT2D eigenvalue weighted by Gasteiger charge is -2.08. The Morgan fingerprint density at radius 1 is 1.32 bits per heavy atom. The molecule has 0 bridgehead atoms. The minimum atomic E-state index is -0.135. The molecule has 0 aliphatic heterocycles. The maximum atomic E-state index is 9.22. The largest absolute Gasteiger partial charge is 0.487 e. The normalized spacial score (nSPS) is 10.7. The molecule has 5 nitrogen and oxygen atoms in total. The van der Waals surface area contributed by atoms with Crippen LogP contribution < -0.4 is 4.74 Å². The van der Waals surface area contributed by atoms with Crippen molar-refractivity contribution in [2.45, 2.75) is 19.8 Å². The molecule has 1 aromatic heterocycles. The number of halogens is 1. The molecule has 6 heteroatoms. The number of aromatic nitrogens is 1. The number of hydrogen-bond donors (Lipinski definition) is 1. The lowest BCUT2D eigenvalue weighted by Crippen LogP contribution is -1.99. The fraction of sp³-hybridized carbons (Fsp3) is 0.308. The fourth-order valence-corrected chi connectivity index (χ4v) is 1.79. The van der Waals surface area contributed by atoms with Crippen molar-refractivity contribution in [3.8, 4) is 5.75 Å². The number of rotatable bonds is 6. The molecule has 0 unspecified atom stereocenters. The summed E-state index contributed by atoms with van der Waals surface area (Å²) in [6, 6.07) is 6.84. The smallest absolute Gasteiger partial charge is 0.162 e. The molecule has 102 valence electrons. The maximum absolute atomic E-state index is 9.22. The molecule has 19 heavy (non-hydrogen) atoms. The number of aliphatic hydroxyl groups is 1. The first-order valence-electron chi connectivity index (χ1n) is 5.68. The van der Waals surface area contributed by atoms with Crippen molar-refractivity contribution in [2.24, 2.45) is 0 Å². The number of methoxy groups -OCH3 is 1. The van der Waals surface area contributed by atoms with Crippen LogP contribution in [-0.2, 0) is 24.6 Å². The van der Waals surface area contributed by atoms with Crippen LogP contribution in [-0.4, -0.2) is 17.4 Å². The van der Waals surface area contributed by atoms with Crippen LogP contribution in [0.5, 0.6) is 5.75 Å². The number of ether oxygens (including phenoxy) is 2. The summed E-state index contributed by atoms with van der Waals surface area (Å²) in [5.41, 5.74) is 1.29. The van der Waals surface area contributed by atoms with Crippen molar-refractivity contribution in [1.29, 1.82) is 0 Å². The first-order chi connectivity index (χ1) is 9.22. The van der Waals surface area contributed by atoms with E-state index in [1.165, 1.54) is 0 Å². The van der Waals surface area contributed by atoms with Gasteiger partial charge in [-0.2, -0.15) is 0 Å². The Morgan fingerprint density at radius 2 is 2.16 bits per heavy atom. The summed E-state index contributed by atoms with van der Waals surface area (Å²) in [6.45, 7) is 0.487. The van der Waals surface area contributed by atoms with Crippen LogP contribution in [0.3, 0.4) is 0 Å². The van der Waals surface area contributed by atoms with Crippen molar-refractivity contribution in [3.63, 3.8) is 0 Å². The van der Waals surface area contributed by atoms with Gasteiger partial charge in [0.05, 0.1) is 6.61 Å². The summed E-state index contributed by atoms with van der Waals surface area (Å²) in [6.07, 6.45) is 0. The Bertz CT molecular complexity index is 541. The first-order valence-corrected chi connectivity index (χ1v) is 6.06. The van der Waals surface area contributed by atoms with Gasteiger partial charge in [-0.05, 0) is 18.2 Å². The van der Waals surface area contributed by atoms with Gasteiger partial charge >= 0.3 is 0 Å². The van der Waals surface area contributed by atoms with E-state index in [4.69, 9.17) is 25.6 Å². The van der Waals surface area contributed by atoms with Gasteiger partial charge in [-0.15, -0.1) is 0 Å². The molecule has 0 spiro atoms. The summed E-state index contributed by atoms with van der Waals surface area (Å²) in [5.74, 6) is 1.21. The zero-order chi connectivity index (χ0) is 13.7. The van der Waals surface area contributed by atoms with E-state index in [1.54, 1.807) is 31.4 Å². The average molecular weight is 284 g/mol. The van der Waals surface area contributed by atoms with Gasteiger partial charge in [0.2, 0.25) is 0 Å². The molecule has 0 saturated carbocycles. The van der Waals surface area contributed by atoms with E-state index in [0.717, 1.165) is 0 Å². The molecule has 0 atom stereocenters. The predicted octanol–water partition coefficient (Wildman–Crippen LogP) is 2.55. The molecule has 1 aromatic carbocycles. The van der Waals surface area contributed by atoms with Crippen molar-refractivity contribution in [1.82, 2.24) is 5.16 Å². The van der Waals surface area contributed by atoms with E-state index in [9.17, 15) is 5.11 Å². The molecule has 1 N–H and O–H groups in total. The van der Waals surface area contributed by atoms with E-state index >= 15 is 0 Å². The summed E-state index contributed by atoms with van der Waals surface area (Å²) in [4.78, 5) is 0. The van der Waals surface area contributed by atoms with Crippen molar-refractivity contribution >= 4 is 11.6 Å². The Morgan fingerprint density at radius 3 is 2.89 bits per heavy atom. The molecule has 0 aliphatic carbocycles. The van der Waals surface area contributed by atoms with E-state index in [2.05, 4.69) is 5.16 Å². The van der Waals surface area contributed by atoms with Gasteiger partial charge in [0.15, 0.2) is 5.76 Å². The molecule has 0 amide bonds. The first kappa shape index (κ1) is 13.9. The van der Waals surface area contributed by atoms with E-state index < -0.39 is 0 Å². The fourth-order valence-electron chi connectivity index (χ4n) is 1.60. The van der Waals surface area contributed by atoms with Gasteiger partial charge in [0.1, 0.15) is 24.7 Å². The number of aliphatic hydroxyl groups excluding tert-OH is 1. The maximum Gasteiger partial charge on any atom is 0.162 e. The molecule has 2 rings (SSSR count). The summed E-state index contributed by atoms with van der Waals surface area (Å²) in [7, 11) is 1.58. The second-order valence-electron chi connectivity index (χ2n) is 3.92. The van der Waals surface area contributed by atoms with Crippen LogP contribution in [0, 0.1) is 0 Å². The van der Waals surface area contributed by atoms with Crippen molar-refractivity contribution in [2.75, 3.05) is 7.11 Å². The standard InChI is InChI=1S/C13H14ClNO4/c1-17-8-12-5-11(15-19-12)7-18-13-3-2-10(14)4-9(13)6-16/h2-5,16H,6-8H2,1H3. The lowest BCUT2D eigenvalue weighted by atomic mass is 10.2.